The molecule has 1 fully saturated rings. The van der Waals surface area contributed by atoms with E-state index >= 15 is 0 Å². The van der Waals surface area contributed by atoms with Gasteiger partial charge in [-0.3, -0.25) is 9.78 Å². The first-order valence-corrected chi connectivity index (χ1v) is 6.78. The van der Waals surface area contributed by atoms with Gasteiger partial charge >= 0.3 is 0 Å². The Bertz CT molecular complexity index is 461. The summed E-state index contributed by atoms with van der Waals surface area (Å²) in [6, 6.07) is 1.74. The van der Waals surface area contributed by atoms with E-state index in [4.69, 9.17) is 11.6 Å². The van der Waals surface area contributed by atoms with Crippen LogP contribution < -0.4 is 0 Å². The third kappa shape index (κ3) is 2.66. The maximum absolute atomic E-state index is 12.4. The summed E-state index contributed by atoms with van der Waals surface area (Å²) in [6.07, 6.45) is 2.65. The molecule has 0 radical (unpaired) electrons. The first-order chi connectivity index (χ1) is 8.49. The molecule has 98 valence electrons. The molecule has 1 aromatic rings. The van der Waals surface area contributed by atoms with Gasteiger partial charge in [-0.25, -0.2) is 0 Å². The van der Waals surface area contributed by atoms with Gasteiger partial charge < -0.3 is 4.90 Å². The van der Waals surface area contributed by atoms with Gasteiger partial charge in [0.05, 0.1) is 10.6 Å². The molecule has 1 amide bonds. The number of halogens is 1. The Labute approximate surface area is 113 Å². The molecule has 2 atom stereocenters. The van der Waals surface area contributed by atoms with E-state index in [9.17, 15) is 4.79 Å². The molecule has 18 heavy (non-hydrogen) atoms. The molecule has 2 heterocycles. The molecule has 1 saturated heterocycles. The second-order valence-corrected chi connectivity index (χ2v) is 5.71. The Kier molecular flexibility index (Phi) is 3.91. The Morgan fingerprint density at radius 3 is 2.78 bits per heavy atom. The monoisotopic (exact) mass is 266 g/mol. The van der Waals surface area contributed by atoms with E-state index in [1.807, 2.05) is 11.8 Å². The lowest BCUT2D eigenvalue weighted by atomic mass is 9.88. The summed E-state index contributed by atoms with van der Waals surface area (Å²) >= 11 is 6.12. The lowest BCUT2D eigenvalue weighted by molar-refractivity contribution is 0.0627. The van der Waals surface area contributed by atoms with Crippen LogP contribution in [0.3, 0.4) is 0 Å². The van der Waals surface area contributed by atoms with E-state index in [2.05, 4.69) is 18.8 Å². The predicted molar refractivity (Wildman–Crippen MR) is 72.8 cm³/mol. The highest BCUT2D eigenvalue weighted by Crippen LogP contribution is 2.25. The molecule has 0 N–H and O–H groups in total. The van der Waals surface area contributed by atoms with E-state index < -0.39 is 0 Å². The number of pyridine rings is 1. The molecule has 1 aliphatic rings. The van der Waals surface area contributed by atoms with E-state index in [0.29, 0.717) is 22.4 Å². The molecular formula is C14H19ClN2O. The molecule has 0 aromatic carbocycles. The van der Waals surface area contributed by atoms with Gasteiger partial charge in [0.15, 0.2) is 0 Å². The average Bonchev–Trinajstić information content (AvgIpc) is 2.32. The largest absolute Gasteiger partial charge is 0.338 e. The third-order valence-electron chi connectivity index (χ3n) is 3.84. The molecule has 4 heteroatoms. The minimum absolute atomic E-state index is 0.00579. The fourth-order valence-electron chi connectivity index (χ4n) is 2.30. The molecule has 1 aromatic heterocycles. The summed E-state index contributed by atoms with van der Waals surface area (Å²) in [6.45, 7) is 7.93. The molecule has 0 spiro atoms. The van der Waals surface area contributed by atoms with Gasteiger partial charge in [0.1, 0.15) is 0 Å². The lowest BCUT2D eigenvalue weighted by Gasteiger charge is -2.35. The number of aromatic nitrogens is 1. The Hall–Kier alpha value is -1.09. The number of aryl methyl sites for hydroxylation is 1. The van der Waals surface area contributed by atoms with E-state index in [0.717, 1.165) is 25.2 Å². The molecule has 1 aliphatic heterocycles. The fourth-order valence-corrected chi connectivity index (χ4v) is 2.59. The zero-order valence-corrected chi connectivity index (χ0v) is 11.9. The summed E-state index contributed by atoms with van der Waals surface area (Å²) in [5, 5.41) is 0.499. The van der Waals surface area contributed by atoms with Crippen LogP contribution in [0.5, 0.6) is 0 Å². The first kappa shape index (κ1) is 13.3. The average molecular weight is 267 g/mol. The second-order valence-electron chi connectivity index (χ2n) is 5.30. The zero-order valence-electron chi connectivity index (χ0n) is 11.1. The Morgan fingerprint density at radius 2 is 2.17 bits per heavy atom. The number of likely N-dealkylation sites (tertiary alicyclic amines) is 1. The number of nitrogens with zero attached hydrogens (tertiary/aromatic N) is 2. The van der Waals surface area contributed by atoms with Crippen molar-refractivity contribution in [2.45, 2.75) is 27.2 Å². The smallest absolute Gasteiger partial charge is 0.256 e. The van der Waals surface area contributed by atoms with E-state index in [1.165, 1.54) is 0 Å². The minimum Gasteiger partial charge on any atom is -0.338 e. The molecule has 2 rings (SSSR count). The van der Waals surface area contributed by atoms with Crippen LogP contribution in [0.1, 0.15) is 36.3 Å². The normalized spacial score (nSPS) is 24.1. The summed E-state index contributed by atoms with van der Waals surface area (Å²) in [4.78, 5) is 18.4. The third-order valence-corrected chi connectivity index (χ3v) is 4.15. The molecule has 2 unspecified atom stereocenters. The molecular weight excluding hydrogens is 248 g/mol. The van der Waals surface area contributed by atoms with Gasteiger partial charge in [0.2, 0.25) is 0 Å². The highest BCUT2D eigenvalue weighted by Gasteiger charge is 2.27. The number of carbonyl (C=O) groups excluding carboxylic acids is 1. The summed E-state index contributed by atoms with van der Waals surface area (Å²) < 4.78 is 0. The maximum Gasteiger partial charge on any atom is 0.256 e. The topological polar surface area (TPSA) is 33.2 Å². The minimum atomic E-state index is 0.00579. The molecule has 0 aliphatic carbocycles. The summed E-state index contributed by atoms with van der Waals surface area (Å²) in [7, 11) is 0. The van der Waals surface area contributed by atoms with Crippen molar-refractivity contribution in [2.24, 2.45) is 11.8 Å². The number of hydrogen-bond acceptors (Lipinski definition) is 2. The number of amides is 1. The van der Waals surface area contributed by atoms with Crippen LogP contribution in [0.4, 0.5) is 0 Å². The van der Waals surface area contributed by atoms with Gasteiger partial charge in [-0.15, -0.1) is 0 Å². The van der Waals surface area contributed by atoms with Crippen LogP contribution >= 0.6 is 11.6 Å². The lowest BCUT2D eigenvalue weighted by Crippen LogP contribution is -2.42. The number of rotatable bonds is 1. The van der Waals surface area contributed by atoms with Gasteiger partial charge in [-0.2, -0.15) is 0 Å². The molecule has 0 bridgehead atoms. The maximum atomic E-state index is 12.4. The SMILES string of the molecule is Cc1cc(Cl)c(C(=O)N2CCC(C)C(C)C2)cn1. The van der Waals surface area contributed by atoms with Crippen LogP contribution in [-0.4, -0.2) is 28.9 Å². The number of carbonyl (C=O) groups is 1. The van der Waals surface area contributed by atoms with Gasteiger partial charge in [-0.05, 0) is 31.2 Å². The van der Waals surface area contributed by atoms with Gasteiger partial charge in [0, 0.05) is 25.0 Å². The van der Waals surface area contributed by atoms with Crippen molar-refractivity contribution in [1.29, 1.82) is 0 Å². The number of piperidine rings is 1. The van der Waals surface area contributed by atoms with Crippen molar-refractivity contribution in [1.82, 2.24) is 9.88 Å². The van der Waals surface area contributed by atoms with Crippen molar-refractivity contribution in [3.8, 4) is 0 Å². The zero-order chi connectivity index (χ0) is 13.3. The van der Waals surface area contributed by atoms with Crippen molar-refractivity contribution < 1.29 is 4.79 Å². The van der Waals surface area contributed by atoms with Crippen LogP contribution in [0.25, 0.3) is 0 Å². The second kappa shape index (κ2) is 5.27. The van der Waals surface area contributed by atoms with Crippen LogP contribution in [-0.2, 0) is 0 Å². The highest BCUT2D eigenvalue weighted by atomic mass is 35.5. The first-order valence-electron chi connectivity index (χ1n) is 6.40. The van der Waals surface area contributed by atoms with E-state index in [1.54, 1.807) is 12.3 Å². The van der Waals surface area contributed by atoms with Crippen molar-refractivity contribution >= 4 is 17.5 Å². The highest BCUT2D eigenvalue weighted by molar-refractivity contribution is 6.33. The number of hydrogen-bond donors (Lipinski definition) is 0. The summed E-state index contributed by atoms with van der Waals surface area (Å²) in [5.41, 5.74) is 1.35. The predicted octanol–water partition coefficient (Wildman–Crippen LogP) is 3.16. The Morgan fingerprint density at radius 1 is 1.44 bits per heavy atom. The van der Waals surface area contributed by atoms with E-state index in [-0.39, 0.29) is 5.91 Å². The standard InChI is InChI=1S/C14H19ClN2O/c1-9-4-5-17(8-10(9)2)14(18)12-7-16-11(3)6-13(12)15/h6-7,9-10H,4-5,8H2,1-3H3. The van der Waals surface area contributed by atoms with Crippen LogP contribution in [0.15, 0.2) is 12.3 Å². The van der Waals surface area contributed by atoms with Gasteiger partial charge in [-0.1, -0.05) is 25.4 Å². The van der Waals surface area contributed by atoms with Crippen LogP contribution in [0, 0.1) is 18.8 Å². The van der Waals surface area contributed by atoms with Gasteiger partial charge in [0.25, 0.3) is 5.91 Å². The van der Waals surface area contributed by atoms with Crippen molar-refractivity contribution in [3.63, 3.8) is 0 Å². The molecule has 0 saturated carbocycles. The van der Waals surface area contributed by atoms with Crippen molar-refractivity contribution in [3.05, 3.63) is 28.5 Å². The summed E-state index contributed by atoms with van der Waals surface area (Å²) in [5.74, 6) is 1.23. The quantitative estimate of drug-likeness (QED) is 0.782. The van der Waals surface area contributed by atoms with Crippen LogP contribution in [0.2, 0.25) is 5.02 Å². The fraction of sp³-hybridized carbons (Fsp3) is 0.571. The Balaban J connectivity index is 2.16. The van der Waals surface area contributed by atoms with Crippen molar-refractivity contribution in [2.75, 3.05) is 13.1 Å². The molecule has 3 nitrogen and oxygen atoms in total.